The molecule has 8 aromatic carbocycles. The Bertz CT molecular complexity index is 2750. The summed E-state index contributed by atoms with van der Waals surface area (Å²) < 4.78 is 2.78. The Morgan fingerprint density at radius 1 is 0.490 bits per heavy atom. The zero-order chi connectivity index (χ0) is 32.7. The molecule has 0 radical (unpaired) electrons. The third-order valence-corrected chi connectivity index (χ3v) is 15.4. The monoisotopic (exact) mass is 659 g/mol. The fraction of sp³-hybridized carbons (Fsp3) is 0.0435. The summed E-state index contributed by atoms with van der Waals surface area (Å²) in [6, 6.07) is 60.8. The van der Waals surface area contributed by atoms with Crippen molar-refractivity contribution in [3.05, 3.63) is 164 Å². The molecule has 0 aliphatic carbocycles. The Kier molecular flexibility index (Phi) is 6.26. The zero-order valence-corrected chi connectivity index (χ0v) is 29.3. The highest BCUT2D eigenvalue weighted by Gasteiger charge is 2.42. The molecule has 1 aliphatic heterocycles. The van der Waals surface area contributed by atoms with Gasteiger partial charge in [-0.3, -0.25) is 0 Å². The second-order valence-electron chi connectivity index (χ2n) is 13.7. The lowest BCUT2D eigenvalue weighted by atomic mass is 10.00. The topological polar surface area (TPSA) is 3.24 Å². The number of thiophene rings is 1. The van der Waals surface area contributed by atoms with Gasteiger partial charge in [-0.15, -0.1) is 11.3 Å². The summed E-state index contributed by atoms with van der Waals surface area (Å²) in [5.74, 6) is 0. The molecule has 0 amide bonds. The van der Waals surface area contributed by atoms with Gasteiger partial charge < -0.3 is 4.90 Å². The van der Waals surface area contributed by atoms with E-state index in [1.54, 1.807) is 5.19 Å². The minimum absolute atomic E-state index is 1.17. The Morgan fingerprint density at radius 2 is 1.16 bits per heavy atom. The number of fused-ring (bicyclic) bond motifs is 9. The van der Waals surface area contributed by atoms with E-state index in [0.29, 0.717) is 0 Å². The molecular weight excluding hydrogens is 627 g/mol. The van der Waals surface area contributed by atoms with Crippen molar-refractivity contribution >= 4 is 88.6 Å². The molecule has 0 unspecified atom stereocenters. The van der Waals surface area contributed by atoms with Crippen molar-refractivity contribution in [3.8, 4) is 22.3 Å². The minimum Gasteiger partial charge on any atom is -0.310 e. The van der Waals surface area contributed by atoms with Crippen LogP contribution in [0, 0.1) is 0 Å². The molecule has 0 saturated carbocycles. The average molecular weight is 660 g/mol. The number of nitrogens with zero attached hydrogens (tertiary/aromatic N) is 1. The Balaban J connectivity index is 1.20. The standard InChI is InChI=1S/C46H33NSSi/c1-49(2)43-28-27-38-37-16-7-8-20-42(37)48-45(38)44(43)39-17-10-19-41(46(39)49)47(40-18-9-14-32-12-5-6-15-36(32)40)35-25-23-31(24-26-35)34-22-21-30-11-3-4-13-33(30)29-34/h3-29H,1-2H3. The van der Waals surface area contributed by atoms with Crippen LogP contribution in [0.4, 0.5) is 17.1 Å². The molecular formula is C46H33NSSi. The van der Waals surface area contributed by atoms with Crippen LogP contribution in [0.3, 0.4) is 0 Å². The van der Waals surface area contributed by atoms with Gasteiger partial charge in [0.15, 0.2) is 0 Å². The van der Waals surface area contributed by atoms with Crippen molar-refractivity contribution < 1.29 is 0 Å². The van der Waals surface area contributed by atoms with E-state index in [2.05, 4.69) is 182 Å². The molecule has 1 aromatic heterocycles. The van der Waals surface area contributed by atoms with Gasteiger partial charge in [-0.05, 0) is 85.2 Å². The van der Waals surface area contributed by atoms with E-state index >= 15 is 0 Å². The lowest BCUT2D eigenvalue weighted by molar-refractivity contribution is 1.31. The molecule has 0 N–H and O–H groups in total. The Labute approximate surface area is 291 Å². The maximum Gasteiger partial charge on any atom is 0.116 e. The highest BCUT2D eigenvalue weighted by atomic mass is 32.1. The van der Waals surface area contributed by atoms with Gasteiger partial charge in [-0.2, -0.15) is 0 Å². The van der Waals surface area contributed by atoms with E-state index in [9.17, 15) is 0 Å². The predicted molar refractivity (Wildman–Crippen MR) is 217 cm³/mol. The number of hydrogen-bond donors (Lipinski definition) is 0. The van der Waals surface area contributed by atoms with Crippen LogP contribution in [0.2, 0.25) is 13.1 Å². The first kappa shape index (κ1) is 28.5. The lowest BCUT2D eigenvalue weighted by Crippen LogP contribution is -2.50. The van der Waals surface area contributed by atoms with Crippen molar-refractivity contribution in [2.75, 3.05) is 4.90 Å². The molecule has 232 valence electrons. The van der Waals surface area contributed by atoms with E-state index in [0.717, 1.165) is 0 Å². The molecule has 10 rings (SSSR count). The van der Waals surface area contributed by atoms with Crippen LogP contribution in [-0.2, 0) is 0 Å². The molecule has 0 spiro atoms. The highest BCUT2D eigenvalue weighted by Crippen LogP contribution is 2.46. The van der Waals surface area contributed by atoms with Gasteiger partial charge >= 0.3 is 0 Å². The molecule has 1 aliphatic rings. The number of rotatable bonds is 4. The van der Waals surface area contributed by atoms with Crippen molar-refractivity contribution in [1.82, 2.24) is 0 Å². The first-order valence-electron chi connectivity index (χ1n) is 17.0. The number of benzene rings is 8. The van der Waals surface area contributed by atoms with Crippen molar-refractivity contribution in [2.24, 2.45) is 0 Å². The van der Waals surface area contributed by atoms with Crippen LogP contribution >= 0.6 is 11.3 Å². The summed E-state index contributed by atoms with van der Waals surface area (Å²) in [7, 11) is -2.11. The van der Waals surface area contributed by atoms with Gasteiger partial charge in [0.05, 0.1) is 5.69 Å². The first-order chi connectivity index (χ1) is 24.1. The van der Waals surface area contributed by atoms with E-state index in [1.165, 1.54) is 86.2 Å². The molecule has 9 aromatic rings. The SMILES string of the molecule is C[Si]1(C)c2ccc3c(sc4ccccc43)c2-c2cccc(N(c3ccc(-c4ccc5ccccc5c4)cc3)c3cccc4ccccc34)c21. The summed E-state index contributed by atoms with van der Waals surface area (Å²) >= 11 is 1.95. The fourth-order valence-corrected chi connectivity index (χ4v) is 13.0. The number of anilines is 3. The number of hydrogen-bond acceptors (Lipinski definition) is 2. The molecule has 0 fully saturated rings. The van der Waals surface area contributed by atoms with Crippen LogP contribution in [0.1, 0.15) is 0 Å². The predicted octanol–water partition coefficient (Wildman–Crippen LogP) is 12.3. The molecule has 1 nitrogen and oxygen atoms in total. The van der Waals surface area contributed by atoms with E-state index in [4.69, 9.17) is 0 Å². The van der Waals surface area contributed by atoms with E-state index in [1.807, 2.05) is 11.3 Å². The second-order valence-corrected chi connectivity index (χ2v) is 19.1. The van der Waals surface area contributed by atoms with Gasteiger partial charge in [0.1, 0.15) is 8.07 Å². The maximum atomic E-state index is 2.55. The first-order valence-corrected chi connectivity index (χ1v) is 20.8. The summed E-state index contributed by atoms with van der Waals surface area (Å²) in [4.78, 5) is 2.54. The molecule has 49 heavy (non-hydrogen) atoms. The van der Waals surface area contributed by atoms with Gasteiger partial charge in [0, 0.05) is 36.9 Å². The summed E-state index contributed by atoms with van der Waals surface area (Å²) in [5, 5.41) is 10.8. The summed E-state index contributed by atoms with van der Waals surface area (Å²) in [6.45, 7) is 5.09. The molecule has 0 saturated heterocycles. The average Bonchev–Trinajstić information content (AvgIpc) is 3.64. The van der Waals surface area contributed by atoms with E-state index in [-0.39, 0.29) is 0 Å². The van der Waals surface area contributed by atoms with E-state index < -0.39 is 8.07 Å². The smallest absolute Gasteiger partial charge is 0.116 e. The maximum absolute atomic E-state index is 2.55. The third-order valence-electron chi connectivity index (χ3n) is 10.6. The van der Waals surface area contributed by atoms with Crippen LogP contribution in [0.15, 0.2) is 164 Å². The molecule has 3 heteroatoms. The van der Waals surface area contributed by atoms with Gasteiger partial charge in [0.2, 0.25) is 0 Å². The molecule has 0 atom stereocenters. The van der Waals surface area contributed by atoms with Crippen LogP contribution in [-0.4, -0.2) is 8.07 Å². The summed E-state index contributed by atoms with van der Waals surface area (Å²) in [5.41, 5.74) is 8.98. The zero-order valence-electron chi connectivity index (χ0n) is 27.4. The van der Waals surface area contributed by atoms with Gasteiger partial charge in [-0.1, -0.05) is 140 Å². The Morgan fingerprint density at radius 3 is 2.02 bits per heavy atom. The summed E-state index contributed by atoms with van der Waals surface area (Å²) in [6.07, 6.45) is 0. The lowest BCUT2D eigenvalue weighted by Gasteiger charge is -2.32. The Hall–Kier alpha value is -5.48. The largest absolute Gasteiger partial charge is 0.310 e. The third kappa shape index (κ3) is 4.29. The fourth-order valence-electron chi connectivity index (χ4n) is 8.29. The second kappa shape index (κ2) is 10.8. The highest BCUT2D eigenvalue weighted by molar-refractivity contribution is 7.26. The van der Waals surface area contributed by atoms with Crippen molar-refractivity contribution in [2.45, 2.75) is 13.1 Å². The van der Waals surface area contributed by atoms with Crippen molar-refractivity contribution in [3.63, 3.8) is 0 Å². The quantitative estimate of drug-likeness (QED) is 0.170. The minimum atomic E-state index is -2.11. The van der Waals surface area contributed by atoms with Gasteiger partial charge in [0.25, 0.3) is 0 Å². The van der Waals surface area contributed by atoms with Crippen LogP contribution in [0.5, 0.6) is 0 Å². The van der Waals surface area contributed by atoms with Gasteiger partial charge in [-0.25, -0.2) is 0 Å². The molecule has 0 bridgehead atoms. The van der Waals surface area contributed by atoms with Crippen LogP contribution in [0.25, 0.3) is 64.0 Å². The normalized spacial score (nSPS) is 13.3. The van der Waals surface area contributed by atoms with Crippen LogP contribution < -0.4 is 15.3 Å². The van der Waals surface area contributed by atoms with Crippen molar-refractivity contribution in [1.29, 1.82) is 0 Å². The molecule has 2 heterocycles.